The molecule has 0 amide bonds. The van der Waals surface area contributed by atoms with E-state index in [1.54, 1.807) is 0 Å². The number of carbonyl (C=O) groups excluding carboxylic acids is 1. The largest absolute Gasteiger partial charge is 0.525 e. The predicted molar refractivity (Wildman–Crippen MR) is 59.0 cm³/mol. The molecule has 0 aromatic heterocycles. The van der Waals surface area contributed by atoms with E-state index in [9.17, 15) is 4.79 Å². The third kappa shape index (κ3) is 9.78. The lowest BCUT2D eigenvalue weighted by atomic mass is 10.3. The smallest absolute Gasteiger partial charge is 0.292 e. The molecule has 0 saturated carbocycles. The van der Waals surface area contributed by atoms with Gasteiger partial charge in [-0.25, -0.2) is 0 Å². The van der Waals surface area contributed by atoms with Crippen molar-refractivity contribution in [1.82, 2.24) is 0 Å². The van der Waals surface area contributed by atoms with Crippen molar-refractivity contribution in [2.75, 3.05) is 6.61 Å². The number of hydrogen-bond acceptors (Lipinski definition) is 3. The molecule has 0 aliphatic rings. The Kier molecular flexibility index (Phi) is 6.27. The Balaban J connectivity index is 3.31. The Morgan fingerprint density at radius 1 is 1.38 bits per heavy atom. The molecule has 0 radical (unpaired) electrons. The van der Waals surface area contributed by atoms with Crippen LogP contribution in [0.3, 0.4) is 0 Å². The summed E-state index contributed by atoms with van der Waals surface area (Å²) in [5.74, 6) is -0.0617. The van der Waals surface area contributed by atoms with Crippen LogP contribution in [0.2, 0.25) is 26.2 Å². The second kappa shape index (κ2) is 6.34. The summed E-state index contributed by atoms with van der Waals surface area (Å²) < 4.78 is 10.5. The van der Waals surface area contributed by atoms with Crippen LogP contribution < -0.4 is 0 Å². The van der Waals surface area contributed by atoms with E-state index in [-0.39, 0.29) is 5.97 Å². The Bertz CT molecular complexity index is 154. The second-order valence-electron chi connectivity index (χ2n) is 3.87. The van der Waals surface area contributed by atoms with Gasteiger partial charge in [0, 0.05) is 13.0 Å². The van der Waals surface area contributed by atoms with Crippen LogP contribution >= 0.6 is 0 Å². The van der Waals surface area contributed by atoms with E-state index in [0.29, 0.717) is 13.0 Å². The quantitative estimate of drug-likeness (QED) is 0.500. The zero-order chi connectivity index (χ0) is 10.3. The first-order valence-electron chi connectivity index (χ1n) is 4.75. The first-order chi connectivity index (χ1) is 5.95. The maximum atomic E-state index is 10.9. The van der Waals surface area contributed by atoms with Crippen LogP contribution in [-0.2, 0) is 13.6 Å². The Morgan fingerprint density at radius 3 is 2.46 bits per heavy atom. The molecule has 0 unspecified atom stereocenters. The van der Waals surface area contributed by atoms with Crippen molar-refractivity contribution >= 4 is 24.0 Å². The predicted octanol–water partition coefficient (Wildman–Crippen LogP) is 1.29. The van der Waals surface area contributed by atoms with Crippen LogP contribution in [0.5, 0.6) is 0 Å². The average Bonchev–Trinajstić information content (AvgIpc) is 1.97. The number of hydrogen-bond donors (Lipinski definition) is 0. The summed E-state index contributed by atoms with van der Waals surface area (Å²) >= 11 is 0. The molecule has 0 fully saturated rings. The van der Waals surface area contributed by atoms with Gasteiger partial charge >= 0.3 is 0 Å². The summed E-state index contributed by atoms with van der Waals surface area (Å²) in [7, 11) is -1.97. The van der Waals surface area contributed by atoms with E-state index in [4.69, 9.17) is 8.85 Å². The zero-order valence-electron chi connectivity index (χ0n) is 9.05. The molecule has 0 bridgehead atoms. The van der Waals surface area contributed by atoms with Crippen molar-refractivity contribution in [3.8, 4) is 0 Å². The van der Waals surface area contributed by atoms with Gasteiger partial charge in [-0.15, -0.1) is 0 Å². The van der Waals surface area contributed by atoms with Crippen LogP contribution in [-0.4, -0.2) is 30.7 Å². The molecule has 13 heavy (non-hydrogen) atoms. The van der Waals surface area contributed by atoms with E-state index in [0.717, 1.165) is 6.42 Å². The molecule has 3 nitrogen and oxygen atoms in total. The summed E-state index contributed by atoms with van der Waals surface area (Å²) in [5.41, 5.74) is 0. The van der Waals surface area contributed by atoms with Gasteiger partial charge in [-0.2, -0.15) is 0 Å². The fourth-order valence-corrected chi connectivity index (χ4v) is 2.05. The molecule has 0 heterocycles. The standard InChI is InChI=1S/C8H20O3Si2/c1-12-11-8(9)6-5-7-10-13(2,3)4/h5-7,12H2,1-4H3. The number of rotatable bonds is 6. The average molecular weight is 220 g/mol. The Hall–Kier alpha value is -0.136. The third-order valence-electron chi connectivity index (χ3n) is 1.37. The number of carbonyl (C=O) groups is 1. The van der Waals surface area contributed by atoms with Crippen molar-refractivity contribution in [2.24, 2.45) is 0 Å². The van der Waals surface area contributed by atoms with E-state index in [2.05, 4.69) is 19.6 Å². The summed E-state index contributed by atoms with van der Waals surface area (Å²) in [5, 5.41) is 0. The fraction of sp³-hybridized carbons (Fsp3) is 0.875. The molecule has 0 spiro atoms. The molecule has 0 aliphatic carbocycles. The molecule has 0 saturated heterocycles. The first-order valence-corrected chi connectivity index (χ1v) is 10.2. The van der Waals surface area contributed by atoms with Crippen molar-refractivity contribution in [3.63, 3.8) is 0 Å². The highest BCUT2D eigenvalue weighted by molar-refractivity contribution is 6.69. The fourth-order valence-electron chi connectivity index (χ4n) is 0.828. The van der Waals surface area contributed by atoms with E-state index < -0.39 is 18.1 Å². The van der Waals surface area contributed by atoms with Crippen LogP contribution in [0.15, 0.2) is 0 Å². The van der Waals surface area contributed by atoms with E-state index >= 15 is 0 Å². The van der Waals surface area contributed by atoms with Gasteiger partial charge in [0.25, 0.3) is 5.97 Å². The molecule has 78 valence electrons. The molecule has 0 aliphatic heterocycles. The minimum absolute atomic E-state index is 0.0617. The molecule has 0 N–H and O–H groups in total. The summed E-state index contributed by atoms with van der Waals surface area (Å²) in [6.07, 6.45) is 1.29. The maximum absolute atomic E-state index is 10.9. The van der Waals surface area contributed by atoms with Gasteiger partial charge in [0.1, 0.15) is 0 Å². The summed E-state index contributed by atoms with van der Waals surface area (Å²) in [4.78, 5) is 10.9. The molecule has 0 aromatic carbocycles. The van der Waals surface area contributed by atoms with Crippen LogP contribution in [0.1, 0.15) is 12.8 Å². The SMILES string of the molecule is C[SiH2]OC(=O)CCCO[Si](C)(C)C. The van der Waals surface area contributed by atoms with Gasteiger partial charge in [0.15, 0.2) is 8.32 Å². The van der Waals surface area contributed by atoms with Crippen molar-refractivity contribution in [3.05, 3.63) is 0 Å². The van der Waals surface area contributed by atoms with E-state index in [1.165, 1.54) is 0 Å². The normalized spacial score (nSPS) is 12.3. The van der Waals surface area contributed by atoms with Crippen LogP contribution in [0.25, 0.3) is 0 Å². The summed E-state index contributed by atoms with van der Waals surface area (Å²) in [6, 6.07) is 0. The van der Waals surface area contributed by atoms with Gasteiger partial charge in [-0.3, -0.25) is 4.79 Å². The van der Waals surface area contributed by atoms with E-state index in [1.807, 2.05) is 6.55 Å². The molecular formula is C8H20O3Si2. The minimum atomic E-state index is -1.39. The topological polar surface area (TPSA) is 35.5 Å². The molecule has 0 rings (SSSR count). The lowest BCUT2D eigenvalue weighted by molar-refractivity contribution is -0.134. The highest BCUT2D eigenvalue weighted by Crippen LogP contribution is 2.04. The lowest BCUT2D eigenvalue weighted by Crippen LogP contribution is -2.26. The highest BCUT2D eigenvalue weighted by atomic mass is 28.4. The lowest BCUT2D eigenvalue weighted by Gasteiger charge is -2.16. The van der Waals surface area contributed by atoms with Crippen LogP contribution in [0, 0.1) is 0 Å². The Morgan fingerprint density at radius 2 is 2.00 bits per heavy atom. The molecular weight excluding hydrogens is 200 g/mol. The van der Waals surface area contributed by atoms with Crippen molar-refractivity contribution < 1.29 is 13.6 Å². The van der Waals surface area contributed by atoms with Gasteiger partial charge in [0.05, 0.1) is 0 Å². The zero-order valence-corrected chi connectivity index (χ0v) is 11.5. The Labute approximate surface area is 83.9 Å². The first kappa shape index (κ1) is 12.9. The minimum Gasteiger partial charge on any atom is -0.525 e. The molecule has 5 heteroatoms. The van der Waals surface area contributed by atoms with Crippen LogP contribution in [0.4, 0.5) is 0 Å². The highest BCUT2D eigenvalue weighted by Gasteiger charge is 2.13. The summed E-state index contributed by atoms with van der Waals surface area (Å²) in [6.45, 7) is 9.07. The maximum Gasteiger partial charge on any atom is 0.292 e. The van der Waals surface area contributed by atoms with Gasteiger partial charge in [-0.1, -0.05) is 0 Å². The van der Waals surface area contributed by atoms with Gasteiger partial charge in [-0.05, 0) is 32.6 Å². The van der Waals surface area contributed by atoms with Gasteiger partial charge in [0.2, 0.25) is 9.76 Å². The molecule has 0 atom stereocenters. The monoisotopic (exact) mass is 220 g/mol. The van der Waals surface area contributed by atoms with Crippen molar-refractivity contribution in [1.29, 1.82) is 0 Å². The van der Waals surface area contributed by atoms with Crippen molar-refractivity contribution in [2.45, 2.75) is 39.0 Å². The second-order valence-corrected chi connectivity index (χ2v) is 9.25. The third-order valence-corrected chi connectivity index (χ3v) is 3.05. The van der Waals surface area contributed by atoms with Gasteiger partial charge < -0.3 is 8.85 Å². The molecule has 0 aromatic rings.